The van der Waals surface area contributed by atoms with Crippen molar-refractivity contribution < 1.29 is 0 Å². The van der Waals surface area contributed by atoms with E-state index in [9.17, 15) is 0 Å². The van der Waals surface area contributed by atoms with E-state index in [1.54, 1.807) is 0 Å². The molecule has 2 aromatic heterocycles. The largest absolute Gasteiger partial charge is 0.341 e. The average molecular weight is 380 g/mol. The molecule has 27 heavy (non-hydrogen) atoms. The summed E-state index contributed by atoms with van der Waals surface area (Å²) in [6.45, 7) is 2.15. The van der Waals surface area contributed by atoms with Gasteiger partial charge in [-0.1, -0.05) is 24.3 Å². The van der Waals surface area contributed by atoms with Gasteiger partial charge < -0.3 is 10.6 Å². The average Bonchev–Trinajstić information content (AvgIpc) is 3.14. The van der Waals surface area contributed by atoms with Crippen molar-refractivity contribution in [2.24, 2.45) is 5.73 Å². The molecule has 0 spiro atoms. The van der Waals surface area contributed by atoms with Crippen molar-refractivity contribution in [3.05, 3.63) is 53.7 Å². The Morgan fingerprint density at radius 1 is 0.926 bits per heavy atom. The number of anilines is 1. The van der Waals surface area contributed by atoms with Gasteiger partial charge >= 0.3 is 0 Å². The molecule has 1 aliphatic heterocycles. The summed E-state index contributed by atoms with van der Waals surface area (Å²) in [6, 6.07) is 13.1. The Hall–Kier alpha value is -2.05. The third kappa shape index (κ3) is 3.21. The van der Waals surface area contributed by atoms with E-state index in [2.05, 4.69) is 62.1 Å². The molecule has 1 aliphatic carbocycles. The Balaban J connectivity index is 1.45. The predicted molar refractivity (Wildman–Crippen MR) is 110 cm³/mol. The Kier molecular flexibility index (Phi) is 4.53. The first-order chi connectivity index (χ1) is 13.3. The molecule has 140 valence electrons. The van der Waals surface area contributed by atoms with Crippen molar-refractivity contribution in [1.29, 1.82) is 0 Å². The highest BCUT2D eigenvalue weighted by atomic mass is 32.2. The first kappa shape index (κ1) is 17.1. The monoisotopic (exact) mass is 379 g/mol. The zero-order valence-electron chi connectivity index (χ0n) is 15.4. The topological polar surface area (TPSA) is 59.5 Å². The quantitative estimate of drug-likeness (QED) is 0.733. The molecular formula is C21H25N5S. The fourth-order valence-corrected chi connectivity index (χ4v) is 5.55. The summed E-state index contributed by atoms with van der Waals surface area (Å²) >= 11 is 1.93. The summed E-state index contributed by atoms with van der Waals surface area (Å²) in [5.74, 6) is 0.984. The molecule has 2 N–H and O–H groups in total. The van der Waals surface area contributed by atoms with Crippen LogP contribution in [0.3, 0.4) is 0 Å². The van der Waals surface area contributed by atoms with Crippen molar-refractivity contribution >= 4 is 23.4 Å². The number of benzene rings is 1. The van der Waals surface area contributed by atoms with E-state index in [1.807, 2.05) is 11.8 Å². The maximum absolute atomic E-state index is 6.33. The van der Waals surface area contributed by atoms with Crippen molar-refractivity contribution in [3.63, 3.8) is 0 Å². The number of piperidine rings is 1. The van der Waals surface area contributed by atoms with Gasteiger partial charge in [0.25, 0.3) is 0 Å². The SMILES string of the molecule is NC1CCC(Sc2ccc3nnc(N4CCCCC4)n3c2)c2ccccc21. The molecule has 2 aliphatic rings. The lowest BCUT2D eigenvalue weighted by Gasteiger charge is -2.29. The fraction of sp³-hybridized carbons (Fsp3) is 0.429. The van der Waals surface area contributed by atoms with Crippen molar-refractivity contribution in [1.82, 2.24) is 14.6 Å². The molecule has 0 amide bonds. The van der Waals surface area contributed by atoms with Gasteiger partial charge in [-0.25, -0.2) is 0 Å². The van der Waals surface area contributed by atoms with Crippen molar-refractivity contribution in [3.8, 4) is 0 Å². The fourth-order valence-electron chi connectivity index (χ4n) is 4.31. The van der Waals surface area contributed by atoms with Gasteiger partial charge in [0.05, 0.1) is 0 Å². The zero-order chi connectivity index (χ0) is 18.2. The van der Waals surface area contributed by atoms with E-state index in [0.29, 0.717) is 5.25 Å². The smallest absolute Gasteiger partial charge is 0.231 e. The molecule has 1 saturated heterocycles. The van der Waals surface area contributed by atoms with E-state index in [-0.39, 0.29) is 6.04 Å². The number of hydrogen-bond donors (Lipinski definition) is 1. The Morgan fingerprint density at radius 2 is 1.74 bits per heavy atom. The highest BCUT2D eigenvalue weighted by Gasteiger charge is 2.26. The third-order valence-corrected chi connectivity index (χ3v) is 7.04. The standard InChI is InChI=1S/C21H25N5S/c22-18-9-10-19(17-7-3-2-6-16(17)18)27-15-8-11-20-23-24-21(26(20)14-15)25-12-4-1-5-13-25/h2-3,6-8,11,14,18-19H,1,4-5,9-10,12-13,22H2. The molecule has 3 aromatic rings. The summed E-state index contributed by atoms with van der Waals surface area (Å²) in [4.78, 5) is 3.63. The summed E-state index contributed by atoms with van der Waals surface area (Å²) < 4.78 is 2.16. The van der Waals surface area contributed by atoms with E-state index in [1.165, 1.54) is 35.3 Å². The Bertz CT molecular complexity index is 947. The molecule has 0 saturated carbocycles. The number of hydrogen-bond acceptors (Lipinski definition) is 5. The lowest BCUT2D eigenvalue weighted by Crippen LogP contribution is -2.31. The summed E-state index contributed by atoms with van der Waals surface area (Å²) in [5.41, 5.74) is 9.95. The van der Waals surface area contributed by atoms with Crippen LogP contribution in [0.5, 0.6) is 0 Å². The molecule has 5 rings (SSSR count). The highest BCUT2D eigenvalue weighted by molar-refractivity contribution is 7.99. The summed E-state index contributed by atoms with van der Waals surface area (Å²) in [5, 5.41) is 9.29. The molecule has 1 aromatic carbocycles. The molecule has 5 nitrogen and oxygen atoms in total. The van der Waals surface area contributed by atoms with Gasteiger partial charge in [0.15, 0.2) is 5.65 Å². The predicted octanol–water partition coefficient (Wildman–Crippen LogP) is 4.35. The zero-order valence-corrected chi connectivity index (χ0v) is 16.2. The summed E-state index contributed by atoms with van der Waals surface area (Å²) in [6.07, 6.45) is 8.16. The number of thioether (sulfide) groups is 1. The van der Waals surface area contributed by atoms with Gasteiger partial charge in [0.1, 0.15) is 0 Å². The number of nitrogens with zero attached hydrogens (tertiary/aromatic N) is 4. The van der Waals surface area contributed by atoms with Crippen LogP contribution in [0.15, 0.2) is 47.5 Å². The molecule has 1 fully saturated rings. The normalized spacial score (nSPS) is 22.8. The van der Waals surface area contributed by atoms with Gasteiger partial charge in [-0.2, -0.15) is 0 Å². The molecule has 6 heteroatoms. The van der Waals surface area contributed by atoms with Crippen LogP contribution in [0.25, 0.3) is 5.65 Å². The number of aromatic nitrogens is 3. The molecule has 3 heterocycles. The lowest BCUT2D eigenvalue weighted by atomic mass is 9.88. The van der Waals surface area contributed by atoms with Gasteiger partial charge in [-0.15, -0.1) is 22.0 Å². The number of nitrogens with two attached hydrogens (primary N) is 1. The second-order valence-electron chi connectivity index (χ2n) is 7.56. The van der Waals surface area contributed by atoms with E-state index in [0.717, 1.165) is 37.5 Å². The van der Waals surface area contributed by atoms with Crippen LogP contribution < -0.4 is 10.6 Å². The van der Waals surface area contributed by atoms with Crippen LogP contribution in [0.4, 0.5) is 5.95 Å². The van der Waals surface area contributed by atoms with E-state index in [4.69, 9.17) is 5.73 Å². The summed E-state index contributed by atoms with van der Waals surface area (Å²) in [7, 11) is 0. The minimum atomic E-state index is 0.170. The number of rotatable bonds is 3. The van der Waals surface area contributed by atoms with Gasteiger partial charge in [-0.05, 0) is 55.4 Å². The minimum Gasteiger partial charge on any atom is -0.341 e. The first-order valence-electron chi connectivity index (χ1n) is 9.90. The lowest BCUT2D eigenvalue weighted by molar-refractivity contribution is 0.563. The van der Waals surface area contributed by atoms with Gasteiger partial charge in [0, 0.05) is 35.5 Å². The molecule has 0 bridgehead atoms. The molecule has 0 radical (unpaired) electrons. The van der Waals surface area contributed by atoms with E-state index >= 15 is 0 Å². The van der Waals surface area contributed by atoms with Crippen LogP contribution in [-0.2, 0) is 0 Å². The van der Waals surface area contributed by atoms with Crippen LogP contribution >= 0.6 is 11.8 Å². The maximum Gasteiger partial charge on any atom is 0.231 e. The maximum atomic E-state index is 6.33. The van der Waals surface area contributed by atoms with Crippen molar-refractivity contribution in [2.45, 2.75) is 48.3 Å². The second-order valence-corrected chi connectivity index (χ2v) is 8.84. The van der Waals surface area contributed by atoms with Crippen LogP contribution in [0.1, 0.15) is 54.5 Å². The van der Waals surface area contributed by atoms with Crippen molar-refractivity contribution in [2.75, 3.05) is 18.0 Å². The van der Waals surface area contributed by atoms with E-state index < -0.39 is 0 Å². The molecular weight excluding hydrogens is 354 g/mol. The minimum absolute atomic E-state index is 0.170. The van der Waals surface area contributed by atoms with Crippen LogP contribution in [0.2, 0.25) is 0 Å². The Labute approximate surface area is 164 Å². The third-order valence-electron chi connectivity index (χ3n) is 5.76. The van der Waals surface area contributed by atoms with Crippen LogP contribution in [0, 0.1) is 0 Å². The first-order valence-corrected chi connectivity index (χ1v) is 10.8. The molecule has 2 unspecified atom stereocenters. The second kappa shape index (κ2) is 7.17. The highest BCUT2D eigenvalue weighted by Crippen LogP contribution is 2.45. The van der Waals surface area contributed by atoms with Crippen LogP contribution in [-0.4, -0.2) is 27.7 Å². The van der Waals surface area contributed by atoms with Gasteiger partial charge in [-0.3, -0.25) is 4.40 Å². The number of fused-ring (bicyclic) bond motifs is 2. The Morgan fingerprint density at radius 3 is 2.59 bits per heavy atom. The molecule has 2 atom stereocenters. The number of pyridine rings is 1. The van der Waals surface area contributed by atoms with Gasteiger partial charge in [0.2, 0.25) is 5.95 Å².